The average molecular weight is 643 g/mol. The molecule has 0 saturated heterocycles. The van der Waals surface area contributed by atoms with E-state index in [1.165, 1.54) is 115 Å². The number of furan rings is 1. The van der Waals surface area contributed by atoms with Crippen molar-refractivity contribution in [2.45, 2.75) is 0 Å². The van der Waals surface area contributed by atoms with Crippen LogP contribution in [0.15, 0.2) is 162 Å². The number of hydrogen-bond acceptors (Lipinski definition) is 1. The third kappa shape index (κ3) is 3.18. The number of benzene rings is 10. The normalized spacial score (nSPS) is 12.7. The Hall–Kier alpha value is -6.70. The lowest BCUT2D eigenvalue weighted by molar-refractivity contribution is 0.669. The molecule has 2 aliphatic carbocycles. The van der Waals surface area contributed by atoms with Crippen molar-refractivity contribution in [3.8, 4) is 55.6 Å². The van der Waals surface area contributed by atoms with Crippen molar-refractivity contribution in [2.75, 3.05) is 0 Å². The topological polar surface area (TPSA) is 13.1 Å². The lowest BCUT2D eigenvalue weighted by Crippen LogP contribution is -1.91. The molecule has 0 fully saturated rings. The first kappa shape index (κ1) is 26.2. The molecule has 2 aliphatic rings. The van der Waals surface area contributed by atoms with Crippen LogP contribution in [0.4, 0.5) is 0 Å². The molecule has 0 spiro atoms. The van der Waals surface area contributed by atoms with E-state index < -0.39 is 0 Å². The molecular weight excluding hydrogens is 617 g/mol. The van der Waals surface area contributed by atoms with Crippen LogP contribution in [-0.4, -0.2) is 0 Å². The van der Waals surface area contributed by atoms with Crippen molar-refractivity contribution in [1.29, 1.82) is 0 Å². The Morgan fingerprint density at radius 3 is 1.59 bits per heavy atom. The molecule has 0 bridgehead atoms. The zero-order valence-electron chi connectivity index (χ0n) is 27.4. The number of fused-ring (bicyclic) bond motifs is 14. The Morgan fingerprint density at radius 2 is 0.804 bits per heavy atom. The third-order valence-corrected chi connectivity index (χ3v) is 11.9. The maximum atomic E-state index is 6.46. The molecule has 51 heavy (non-hydrogen) atoms. The van der Waals surface area contributed by atoms with Crippen LogP contribution in [0.25, 0.3) is 131 Å². The molecule has 13 rings (SSSR count). The van der Waals surface area contributed by atoms with Gasteiger partial charge in [0.25, 0.3) is 0 Å². The lowest BCUT2D eigenvalue weighted by atomic mass is 9.84. The monoisotopic (exact) mass is 642 g/mol. The van der Waals surface area contributed by atoms with E-state index in [4.69, 9.17) is 4.42 Å². The molecule has 1 aromatic heterocycles. The van der Waals surface area contributed by atoms with E-state index in [0.717, 1.165) is 16.6 Å². The van der Waals surface area contributed by atoms with Gasteiger partial charge in [-0.05, 0) is 140 Å². The van der Waals surface area contributed by atoms with Crippen molar-refractivity contribution < 1.29 is 4.42 Å². The molecule has 0 radical (unpaired) electrons. The summed E-state index contributed by atoms with van der Waals surface area (Å²) in [5.74, 6) is 0. The Balaban J connectivity index is 1.18. The van der Waals surface area contributed by atoms with E-state index in [1.54, 1.807) is 0 Å². The Kier molecular flexibility index (Phi) is 4.67. The van der Waals surface area contributed by atoms with Crippen LogP contribution in [0.1, 0.15) is 0 Å². The highest BCUT2D eigenvalue weighted by Gasteiger charge is 2.29. The molecule has 0 atom stereocenters. The molecule has 1 nitrogen and oxygen atoms in total. The van der Waals surface area contributed by atoms with Crippen molar-refractivity contribution in [2.24, 2.45) is 0 Å². The number of rotatable bonds is 1. The molecule has 0 aliphatic heterocycles. The fourth-order valence-corrected chi connectivity index (χ4v) is 9.84. The van der Waals surface area contributed by atoms with E-state index in [9.17, 15) is 0 Å². The zero-order chi connectivity index (χ0) is 32.9. The maximum absolute atomic E-state index is 6.46. The summed E-state index contributed by atoms with van der Waals surface area (Å²) in [4.78, 5) is 0. The van der Waals surface area contributed by atoms with E-state index in [0.29, 0.717) is 0 Å². The maximum Gasteiger partial charge on any atom is 0.136 e. The minimum atomic E-state index is 0.921. The largest absolute Gasteiger partial charge is 0.456 e. The van der Waals surface area contributed by atoms with Gasteiger partial charge in [0, 0.05) is 10.8 Å². The van der Waals surface area contributed by atoms with Crippen molar-refractivity contribution in [3.05, 3.63) is 158 Å². The predicted molar refractivity (Wildman–Crippen MR) is 216 cm³/mol. The predicted octanol–water partition coefficient (Wildman–Crippen LogP) is 14.3. The Bertz CT molecular complexity index is 3400. The zero-order valence-corrected chi connectivity index (χ0v) is 27.4. The fourth-order valence-electron chi connectivity index (χ4n) is 9.84. The first-order chi connectivity index (χ1) is 25.3. The van der Waals surface area contributed by atoms with Gasteiger partial charge in [-0.1, -0.05) is 127 Å². The minimum Gasteiger partial charge on any atom is -0.456 e. The van der Waals surface area contributed by atoms with Gasteiger partial charge in [-0.15, -0.1) is 0 Å². The molecule has 0 saturated carbocycles. The highest BCUT2D eigenvalue weighted by atomic mass is 16.3. The first-order valence-electron chi connectivity index (χ1n) is 17.8. The molecule has 0 amide bonds. The van der Waals surface area contributed by atoms with Crippen LogP contribution in [0.3, 0.4) is 0 Å². The van der Waals surface area contributed by atoms with E-state index in [-0.39, 0.29) is 0 Å². The molecular formula is C50H26O. The van der Waals surface area contributed by atoms with Gasteiger partial charge in [-0.3, -0.25) is 0 Å². The molecule has 11 aromatic rings. The van der Waals surface area contributed by atoms with Gasteiger partial charge in [0.2, 0.25) is 0 Å². The van der Waals surface area contributed by atoms with Gasteiger partial charge < -0.3 is 4.42 Å². The van der Waals surface area contributed by atoms with Gasteiger partial charge in [0.05, 0.1) is 0 Å². The summed E-state index contributed by atoms with van der Waals surface area (Å²) < 4.78 is 6.46. The van der Waals surface area contributed by atoms with Crippen LogP contribution in [0.2, 0.25) is 0 Å². The average Bonchev–Trinajstić information content (AvgIpc) is 3.83. The van der Waals surface area contributed by atoms with Crippen LogP contribution < -0.4 is 0 Å². The van der Waals surface area contributed by atoms with Crippen LogP contribution in [-0.2, 0) is 0 Å². The first-order valence-corrected chi connectivity index (χ1v) is 17.8. The summed E-state index contributed by atoms with van der Waals surface area (Å²) in [6, 6.07) is 58.8. The summed E-state index contributed by atoms with van der Waals surface area (Å²) >= 11 is 0. The van der Waals surface area contributed by atoms with E-state index >= 15 is 0 Å². The SMILES string of the molecule is c1cc2c3c(cccc3c1)-c1cc3c(ccc4c5cc6c(c(-c7cccc8oc9ccccc9c78)c5ccc34)-c3cccc4cccc-6c34)cc1-2. The van der Waals surface area contributed by atoms with Crippen molar-refractivity contribution in [3.63, 3.8) is 0 Å². The van der Waals surface area contributed by atoms with Crippen molar-refractivity contribution >= 4 is 75.8 Å². The minimum absolute atomic E-state index is 0.921. The van der Waals surface area contributed by atoms with Crippen LogP contribution in [0, 0.1) is 0 Å². The smallest absolute Gasteiger partial charge is 0.136 e. The summed E-state index contributed by atoms with van der Waals surface area (Å²) in [5, 5.41) is 15.3. The van der Waals surface area contributed by atoms with Gasteiger partial charge in [-0.25, -0.2) is 0 Å². The Morgan fingerprint density at radius 1 is 0.255 bits per heavy atom. The third-order valence-electron chi connectivity index (χ3n) is 11.9. The lowest BCUT2D eigenvalue weighted by Gasteiger charge is -2.18. The number of para-hydroxylation sites is 1. The summed E-state index contributed by atoms with van der Waals surface area (Å²) in [6.45, 7) is 0. The van der Waals surface area contributed by atoms with E-state index in [2.05, 4.69) is 158 Å². The van der Waals surface area contributed by atoms with Gasteiger partial charge >= 0.3 is 0 Å². The van der Waals surface area contributed by atoms with Gasteiger partial charge in [0.1, 0.15) is 11.2 Å². The van der Waals surface area contributed by atoms with E-state index in [1.807, 2.05) is 0 Å². The van der Waals surface area contributed by atoms with Crippen LogP contribution >= 0.6 is 0 Å². The fraction of sp³-hybridized carbons (Fsp3) is 0. The van der Waals surface area contributed by atoms with Crippen LogP contribution in [0.5, 0.6) is 0 Å². The molecule has 0 unspecified atom stereocenters. The molecule has 10 aromatic carbocycles. The van der Waals surface area contributed by atoms with Gasteiger partial charge in [-0.2, -0.15) is 0 Å². The molecule has 232 valence electrons. The quantitative estimate of drug-likeness (QED) is 0.162. The summed E-state index contributed by atoms with van der Waals surface area (Å²) in [5.41, 5.74) is 14.9. The molecule has 1 heterocycles. The Labute approximate surface area is 292 Å². The molecule has 1 heteroatoms. The second-order valence-electron chi connectivity index (χ2n) is 14.3. The highest BCUT2D eigenvalue weighted by molar-refractivity contribution is 6.30. The molecule has 0 N–H and O–H groups in total. The number of hydrogen-bond donors (Lipinski definition) is 0. The van der Waals surface area contributed by atoms with Crippen molar-refractivity contribution in [1.82, 2.24) is 0 Å². The van der Waals surface area contributed by atoms with Gasteiger partial charge in [0.15, 0.2) is 0 Å². The summed E-state index contributed by atoms with van der Waals surface area (Å²) in [7, 11) is 0. The highest BCUT2D eigenvalue weighted by Crippen LogP contribution is 2.56. The standard InChI is InChI=1S/C50H26O/c1-2-18-44-36(12-1)48-38(17-7-19-45(48)51-44)49-35-23-22-30-31(41(35)26-43-34-15-5-10-28-11-6-16-37(47(28)34)50(43)49)21-20-29-24-40-32-13-3-8-27-9-4-14-33(46(27)32)42(40)25-39(29)30/h1-26H. The summed E-state index contributed by atoms with van der Waals surface area (Å²) in [6.07, 6.45) is 0. The second kappa shape index (κ2) is 9.09. The second-order valence-corrected chi connectivity index (χ2v) is 14.3.